The van der Waals surface area contributed by atoms with Gasteiger partial charge < -0.3 is 10.5 Å². The molecule has 1 aliphatic heterocycles. The molecular weight excluding hydrogens is 286 g/mol. The molecule has 1 heterocycles. The summed E-state index contributed by atoms with van der Waals surface area (Å²) in [7, 11) is 0. The Kier molecular flexibility index (Phi) is 3.53. The summed E-state index contributed by atoms with van der Waals surface area (Å²) in [5.74, 6) is 0.111. The third-order valence-electron chi connectivity index (χ3n) is 6.79. The molecule has 3 heteroatoms. The average Bonchev–Trinajstić information content (AvgIpc) is 2.40. The van der Waals surface area contributed by atoms with Crippen LogP contribution in [0.3, 0.4) is 0 Å². The van der Waals surface area contributed by atoms with Crippen molar-refractivity contribution in [2.45, 2.75) is 77.5 Å². The van der Waals surface area contributed by atoms with Crippen LogP contribution in [0, 0.1) is 16.7 Å². The number of allylic oxidation sites excluding steroid dienone is 1. The highest BCUT2D eigenvalue weighted by molar-refractivity contribution is 5.86. The summed E-state index contributed by atoms with van der Waals surface area (Å²) in [4.78, 5) is 13.2. The number of carbonyl (C=O) groups excluding carboxylic acids is 1. The van der Waals surface area contributed by atoms with Crippen molar-refractivity contribution in [3.63, 3.8) is 0 Å². The molecule has 2 fully saturated rings. The molecule has 5 atom stereocenters. The van der Waals surface area contributed by atoms with Gasteiger partial charge in [0, 0.05) is 11.8 Å². The maximum absolute atomic E-state index is 13.2. The summed E-state index contributed by atoms with van der Waals surface area (Å²) in [6.45, 7) is 14.7. The van der Waals surface area contributed by atoms with E-state index in [1.165, 1.54) is 5.57 Å². The third kappa shape index (κ3) is 2.20. The summed E-state index contributed by atoms with van der Waals surface area (Å²) in [5, 5.41) is 0. The first-order chi connectivity index (χ1) is 10.5. The summed E-state index contributed by atoms with van der Waals surface area (Å²) in [5.41, 5.74) is 6.60. The first kappa shape index (κ1) is 16.9. The van der Waals surface area contributed by atoms with Gasteiger partial charge in [0.1, 0.15) is 5.78 Å². The molecule has 0 unspecified atom stereocenters. The molecule has 3 rings (SSSR count). The molecule has 0 aromatic rings. The Morgan fingerprint density at radius 1 is 1.26 bits per heavy atom. The van der Waals surface area contributed by atoms with Crippen LogP contribution in [-0.2, 0) is 9.53 Å². The number of Topliss-reactive ketones (excluding diaryl/α,β-unsaturated/α-hetero) is 1. The standard InChI is InChI=1S/C20H31NO2/c1-7-18(4)12-13(22)16-19(5)10-8-9-17(2,3)14(19)11-15(21)20(16,6)23-18/h7,11,15-16H,1,8-10,12,21H2,2-6H3/t15-,16+,18-,19-,20+/m0/s1. The number of fused-ring (bicyclic) bond motifs is 3. The van der Waals surface area contributed by atoms with Gasteiger partial charge in [-0.05, 0) is 32.1 Å². The second-order valence-corrected chi connectivity index (χ2v) is 9.14. The smallest absolute Gasteiger partial charge is 0.142 e. The Bertz CT molecular complexity index is 592. The van der Waals surface area contributed by atoms with Crippen LogP contribution >= 0.6 is 0 Å². The average molecular weight is 317 g/mol. The number of hydrogen-bond acceptors (Lipinski definition) is 3. The van der Waals surface area contributed by atoms with Gasteiger partial charge in [-0.25, -0.2) is 0 Å². The minimum atomic E-state index is -0.663. The fraction of sp³-hybridized carbons (Fsp3) is 0.750. The van der Waals surface area contributed by atoms with Gasteiger partial charge in [0.25, 0.3) is 0 Å². The number of ether oxygens (including phenoxy) is 1. The normalized spacial score (nSPS) is 49.0. The molecule has 0 aromatic heterocycles. The fourth-order valence-corrected chi connectivity index (χ4v) is 5.73. The summed E-state index contributed by atoms with van der Waals surface area (Å²) >= 11 is 0. The van der Waals surface area contributed by atoms with E-state index in [4.69, 9.17) is 10.5 Å². The van der Waals surface area contributed by atoms with Crippen molar-refractivity contribution in [3.05, 3.63) is 24.3 Å². The van der Waals surface area contributed by atoms with Crippen LogP contribution in [-0.4, -0.2) is 23.0 Å². The van der Waals surface area contributed by atoms with E-state index in [0.717, 1.165) is 19.3 Å². The molecule has 2 N–H and O–H groups in total. The topological polar surface area (TPSA) is 52.3 Å². The van der Waals surface area contributed by atoms with Crippen molar-refractivity contribution in [1.82, 2.24) is 0 Å². The van der Waals surface area contributed by atoms with E-state index >= 15 is 0 Å². The monoisotopic (exact) mass is 317 g/mol. The summed E-state index contributed by atoms with van der Waals surface area (Å²) < 4.78 is 6.47. The van der Waals surface area contributed by atoms with Crippen molar-refractivity contribution >= 4 is 5.78 Å². The van der Waals surface area contributed by atoms with Crippen molar-refractivity contribution < 1.29 is 9.53 Å². The molecule has 1 saturated carbocycles. The highest BCUT2D eigenvalue weighted by atomic mass is 16.5. The molecule has 3 aliphatic rings. The zero-order valence-electron chi connectivity index (χ0n) is 15.2. The Hall–Kier alpha value is -0.930. The van der Waals surface area contributed by atoms with Crippen molar-refractivity contribution in [3.8, 4) is 0 Å². The molecule has 2 aliphatic carbocycles. The number of ketones is 1. The molecule has 128 valence electrons. The van der Waals surface area contributed by atoms with Crippen LogP contribution in [0.25, 0.3) is 0 Å². The minimum Gasteiger partial charge on any atom is -0.362 e. The molecule has 0 bridgehead atoms. The van der Waals surface area contributed by atoms with Crippen molar-refractivity contribution in [1.29, 1.82) is 0 Å². The zero-order chi connectivity index (χ0) is 17.3. The lowest BCUT2D eigenvalue weighted by Gasteiger charge is -2.62. The minimum absolute atomic E-state index is 0.103. The Morgan fingerprint density at radius 3 is 2.52 bits per heavy atom. The highest BCUT2D eigenvalue weighted by Crippen LogP contribution is 2.62. The van der Waals surface area contributed by atoms with Crippen LogP contribution in [0.1, 0.15) is 60.3 Å². The van der Waals surface area contributed by atoms with Gasteiger partial charge in [-0.2, -0.15) is 0 Å². The molecule has 1 saturated heterocycles. The van der Waals surface area contributed by atoms with Crippen molar-refractivity contribution in [2.24, 2.45) is 22.5 Å². The maximum atomic E-state index is 13.2. The molecule has 3 nitrogen and oxygen atoms in total. The van der Waals surface area contributed by atoms with Crippen LogP contribution in [0.2, 0.25) is 0 Å². The van der Waals surface area contributed by atoms with E-state index in [1.54, 1.807) is 6.08 Å². The van der Waals surface area contributed by atoms with Crippen LogP contribution in [0.4, 0.5) is 0 Å². The Balaban J connectivity index is 2.17. The lowest BCUT2D eigenvalue weighted by molar-refractivity contribution is -0.210. The summed E-state index contributed by atoms with van der Waals surface area (Å²) in [6.07, 6.45) is 7.70. The lowest BCUT2D eigenvalue weighted by atomic mass is 9.47. The van der Waals surface area contributed by atoms with Gasteiger partial charge in [0.2, 0.25) is 0 Å². The highest BCUT2D eigenvalue weighted by Gasteiger charge is 2.64. The number of hydrogen-bond donors (Lipinski definition) is 1. The second kappa shape index (κ2) is 4.80. The van der Waals surface area contributed by atoms with E-state index in [-0.39, 0.29) is 28.6 Å². The third-order valence-corrected chi connectivity index (χ3v) is 6.79. The van der Waals surface area contributed by atoms with E-state index in [9.17, 15) is 4.79 Å². The van der Waals surface area contributed by atoms with E-state index in [1.807, 2.05) is 13.8 Å². The predicted molar refractivity (Wildman–Crippen MR) is 93.0 cm³/mol. The largest absolute Gasteiger partial charge is 0.362 e. The zero-order valence-corrected chi connectivity index (χ0v) is 15.2. The molecule has 23 heavy (non-hydrogen) atoms. The van der Waals surface area contributed by atoms with Gasteiger partial charge in [-0.3, -0.25) is 4.79 Å². The summed E-state index contributed by atoms with van der Waals surface area (Å²) in [6, 6.07) is -0.267. The predicted octanol–water partition coefficient (Wildman–Crippen LogP) is 3.78. The molecular formula is C20H31NO2. The molecule has 0 spiro atoms. The van der Waals surface area contributed by atoms with Gasteiger partial charge >= 0.3 is 0 Å². The first-order valence-electron chi connectivity index (χ1n) is 8.83. The van der Waals surface area contributed by atoms with Gasteiger partial charge in [-0.15, -0.1) is 6.58 Å². The molecule has 0 amide bonds. The maximum Gasteiger partial charge on any atom is 0.142 e. The fourth-order valence-electron chi connectivity index (χ4n) is 5.73. The molecule has 0 radical (unpaired) electrons. The van der Waals surface area contributed by atoms with Crippen LogP contribution < -0.4 is 5.73 Å². The Labute approximate surface area is 140 Å². The number of carbonyl (C=O) groups is 1. The van der Waals surface area contributed by atoms with Gasteiger partial charge in [-0.1, -0.05) is 44.9 Å². The van der Waals surface area contributed by atoms with Gasteiger partial charge in [0.05, 0.1) is 23.2 Å². The second-order valence-electron chi connectivity index (χ2n) is 9.14. The quantitative estimate of drug-likeness (QED) is 0.749. The first-order valence-corrected chi connectivity index (χ1v) is 8.83. The van der Waals surface area contributed by atoms with Crippen LogP contribution in [0.15, 0.2) is 24.3 Å². The van der Waals surface area contributed by atoms with Crippen molar-refractivity contribution in [2.75, 3.05) is 0 Å². The van der Waals surface area contributed by atoms with Gasteiger partial charge in [0.15, 0.2) is 0 Å². The van der Waals surface area contributed by atoms with E-state index < -0.39 is 11.2 Å². The Morgan fingerprint density at radius 2 is 1.91 bits per heavy atom. The van der Waals surface area contributed by atoms with E-state index in [0.29, 0.717) is 6.42 Å². The van der Waals surface area contributed by atoms with E-state index in [2.05, 4.69) is 33.4 Å². The lowest BCUT2D eigenvalue weighted by Crippen LogP contribution is -2.69. The number of rotatable bonds is 1. The number of nitrogens with two attached hydrogens (primary N) is 1. The molecule has 0 aromatic carbocycles. The SMILES string of the molecule is C=C[C@@]1(C)CC(=O)[C@H]2[C@](C)(O1)[C@@H](N)C=C1C(C)(C)CCC[C@@]12C. The van der Waals surface area contributed by atoms with Crippen LogP contribution in [0.5, 0.6) is 0 Å².